The van der Waals surface area contributed by atoms with Crippen molar-refractivity contribution in [2.45, 2.75) is 6.61 Å². The third kappa shape index (κ3) is 3.40. The Hall–Kier alpha value is -2.70. The molecule has 0 radical (unpaired) electrons. The van der Waals surface area contributed by atoms with Crippen LogP contribution in [0.4, 0.5) is 0 Å². The van der Waals surface area contributed by atoms with Crippen LogP contribution in [0.1, 0.15) is 5.56 Å². The van der Waals surface area contributed by atoms with Crippen LogP contribution in [-0.2, 0) is 6.61 Å². The van der Waals surface area contributed by atoms with E-state index in [-0.39, 0.29) is 5.46 Å². The highest BCUT2D eigenvalue weighted by atomic mass is 16.5. The number of methoxy groups -OCH3 is 2. The van der Waals surface area contributed by atoms with Crippen molar-refractivity contribution in [2.75, 3.05) is 14.2 Å². The maximum absolute atomic E-state index is 9.62. The Bertz CT molecular complexity index is 865. The number of ether oxygens (including phenoxy) is 3. The standard InChI is InChI=1S/C19H19BO5/c1-23-16-10-11-17(25-12-13-6-4-3-5-7-13)18-14(16)8-9-15(20(21)22)19(18)24-2/h3-11,21-22H,12H2,1-2H3. The third-order valence-corrected chi connectivity index (χ3v) is 4.03. The van der Waals surface area contributed by atoms with Gasteiger partial charge >= 0.3 is 7.12 Å². The highest BCUT2D eigenvalue weighted by Crippen LogP contribution is 2.38. The first-order valence-electron chi connectivity index (χ1n) is 7.86. The minimum Gasteiger partial charge on any atom is -0.496 e. The van der Waals surface area contributed by atoms with Crippen molar-refractivity contribution in [3.8, 4) is 17.2 Å². The molecular formula is C19H19BO5. The summed E-state index contributed by atoms with van der Waals surface area (Å²) in [5.41, 5.74) is 1.30. The summed E-state index contributed by atoms with van der Waals surface area (Å²) in [6, 6.07) is 16.8. The van der Waals surface area contributed by atoms with Gasteiger partial charge in [-0.3, -0.25) is 0 Å². The Morgan fingerprint density at radius 3 is 2.20 bits per heavy atom. The average molecular weight is 338 g/mol. The predicted octanol–water partition coefficient (Wildman–Crippen LogP) is 2.12. The topological polar surface area (TPSA) is 68.2 Å². The zero-order chi connectivity index (χ0) is 17.8. The summed E-state index contributed by atoms with van der Waals surface area (Å²) in [6.07, 6.45) is 0. The molecule has 3 aromatic carbocycles. The summed E-state index contributed by atoms with van der Waals surface area (Å²) in [6.45, 7) is 0.386. The van der Waals surface area contributed by atoms with Crippen LogP contribution in [-0.4, -0.2) is 31.4 Å². The number of rotatable bonds is 6. The largest absolute Gasteiger partial charge is 0.496 e. The lowest BCUT2D eigenvalue weighted by Gasteiger charge is -2.17. The van der Waals surface area contributed by atoms with Crippen LogP contribution in [0.3, 0.4) is 0 Å². The van der Waals surface area contributed by atoms with Crippen molar-refractivity contribution in [3.63, 3.8) is 0 Å². The molecule has 0 aliphatic carbocycles. The SMILES string of the molecule is COc1ccc(OCc2ccccc2)c2c(OC)c(B(O)O)ccc12. The Balaban J connectivity index is 2.12. The lowest BCUT2D eigenvalue weighted by Crippen LogP contribution is -2.31. The van der Waals surface area contributed by atoms with Crippen LogP contribution in [0.5, 0.6) is 17.2 Å². The van der Waals surface area contributed by atoms with E-state index in [1.54, 1.807) is 25.3 Å². The van der Waals surface area contributed by atoms with E-state index in [0.717, 1.165) is 10.9 Å². The predicted molar refractivity (Wildman–Crippen MR) is 97.7 cm³/mol. The zero-order valence-corrected chi connectivity index (χ0v) is 14.1. The maximum Gasteiger partial charge on any atom is 0.492 e. The molecule has 0 atom stereocenters. The monoisotopic (exact) mass is 338 g/mol. The van der Waals surface area contributed by atoms with Gasteiger partial charge in [-0.1, -0.05) is 42.5 Å². The van der Waals surface area contributed by atoms with Crippen molar-refractivity contribution in [1.82, 2.24) is 0 Å². The second-order valence-corrected chi connectivity index (χ2v) is 5.52. The van der Waals surface area contributed by atoms with Crippen LogP contribution in [0.15, 0.2) is 54.6 Å². The molecule has 0 spiro atoms. The van der Waals surface area contributed by atoms with E-state index in [4.69, 9.17) is 14.2 Å². The van der Waals surface area contributed by atoms with Gasteiger partial charge in [0, 0.05) is 10.8 Å². The van der Waals surface area contributed by atoms with Gasteiger partial charge in [0.25, 0.3) is 0 Å². The van der Waals surface area contributed by atoms with Crippen molar-refractivity contribution in [2.24, 2.45) is 0 Å². The molecular weight excluding hydrogens is 319 g/mol. The van der Waals surface area contributed by atoms with E-state index in [0.29, 0.717) is 29.2 Å². The molecule has 0 saturated carbocycles. The molecule has 0 aromatic heterocycles. The van der Waals surface area contributed by atoms with E-state index in [1.807, 2.05) is 36.4 Å². The molecule has 0 saturated heterocycles. The fourth-order valence-corrected chi connectivity index (χ4v) is 2.83. The number of hydrogen-bond donors (Lipinski definition) is 2. The molecule has 0 fully saturated rings. The summed E-state index contributed by atoms with van der Waals surface area (Å²) in [7, 11) is 1.43. The van der Waals surface area contributed by atoms with Gasteiger partial charge < -0.3 is 24.3 Å². The smallest absolute Gasteiger partial charge is 0.492 e. The molecule has 0 aliphatic heterocycles. The molecule has 3 aromatic rings. The first kappa shape index (κ1) is 17.1. The lowest BCUT2D eigenvalue weighted by molar-refractivity contribution is 0.308. The molecule has 128 valence electrons. The van der Waals surface area contributed by atoms with Gasteiger partial charge in [-0.25, -0.2) is 0 Å². The van der Waals surface area contributed by atoms with Crippen LogP contribution in [0.25, 0.3) is 10.8 Å². The summed E-state index contributed by atoms with van der Waals surface area (Å²) in [5.74, 6) is 1.59. The van der Waals surface area contributed by atoms with Crippen LogP contribution < -0.4 is 19.7 Å². The van der Waals surface area contributed by atoms with Gasteiger partial charge in [0.2, 0.25) is 0 Å². The minimum atomic E-state index is -1.65. The summed E-state index contributed by atoms with van der Waals surface area (Å²) >= 11 is 0. The third-order valence-electron chi connectivity index (χ3n) is 4.03. The maximum atomic E-state index is 9.62. The highest BCUT2D eigenvalue weighted by molar-refractivity contribution is 6.60. The lowest BCUT2D eigenvalue weighted by atomic mass is 9.78. The van der Waals surface area contributed by atoms with Crippen LogP contribution in [0, 0.1) is 0 Å². The quantitative estimate of drug-likeness (QED) is 0.674. The summed E-state index contributed by atoms with van der Waals surface area (Å²) < 4.78 is 16.8. The Morgan fingerprint density at radius 1 is 0.840 bits per heavy atom. The van der Waals surface area contributed by atoms with E-state index in [9.17, 15) is 10.0 Å². The van der Waals surface area contributed by atoms with Crippen molar-refractivity contribution in [3.05, 3.63) is 60.2 Å². The normalized spacial score (nSPS) is 10.6. The number of benzene rings is 3. The Kier molecular flexibility index (Phi) is 5.12. The molecule has 6 heteroatoms. The molecule has 25 heavy (non-hydrogen) atoms. The highest BCUT2D eigenvalue weighted by Gasteiger charge is 2.22. The van der Waals surface area contributed by atoms with E-state index in [1.165, 1.54) is 7.11 Å². The average Bonchev–Trinajstić information content (AvgIpc) is 2.65. The first-order chi connectivity index (χ1) is 12.2. The van der Waals surface area contributed by atoms with E-state index < -0.39 is 7.12 Å². The zero-order valence-electron chi connectivity index (χ0n) is 14.1. The molecule has 2 N–H and O–H groups in total. The number of fused-ring (bicyclic) bond motifs is 1. The Labute approximate surface area is 146 Å². The van der Waals surface area contributed by atoms with E-state index in [2.05, 4.69) is 0 Å². The Morgan fingerprint density at radius 2 is 1.56 bits per heavy atom. The van der Waals surface area contributed by atoms with Gasteiger partial charge in [-0.05, 0) is 17.7 Å². The summed E-state index contributed by atoms with van der Waals surface area (Å²) in [4.78, 5) is 0. The second kappa shape index (κ2) is 7.46. The molecule has 0 amide bonds. The molecule has 0 bridgehead atoms. The van der Waals surface area contributed by atoms with Gasteiger partial charge in [0.15, 0.2) is 0 Å². The van der Waals surface area contributed by atoms with Gasteiger partial charge in [0.1, 0.15) is 23.9 Å². The van der Waals surface area contributed by atoms with Crippen molar-refractivity contribution in [1.29, 1.82) is 0 Å². The summed E-state index contributed by atoms with van der Waals surface area (Å²) in [5, 5.41) is 20.7. The molecule has 0 heterocycles. The number of hydrogen-bond acceptors (Lipinski definition) is 5. The van der Waals surface area contributed by atoms with Gasteiger partial charge in [-0.2, -0.15) is 0 Å². The first-order valence-corrected chi connectivity index (χ1v) is 7.86. The minimum absolute atomic E-state index is 0.271. The second-order valence-electron chi connectivity index (χ2n) is 5.52. The van der Waals surface area contributed by atoms with Crippen LogP contribution in [0.2, 0.25) is 0 Å². The molecule has 3 rings (SSSR count). The van der Waals surface area contributed by atoms with Gasteiger partial charge in [-0.15, -0.1) is 0 Å². The molecule has 5 nitrogen and oxygen atoms in total. The fourth-order valence-electron chi connectivity index (χ4n) is 2.83. The molecule has 0 aliphatic rings. The van der Waals surface area contributed by atoms with E-state index >= 15 is 0 Å². The van der Waals surface area contributed by atoms with Crippen molar-refractivity contribution < 1.29 is 24.3 Å². The fraction of sp³-hybridized carbons (Fsp3) is 0.158. The van der Waals surface area contributed by atoms with Gasteiger partial charge in [0.05, 0.1) is 19.6 Å². The van der Waals surface area contributed by atoms with Crippen LogP contribution >= 0.6 is 0 Å². The molecule has 0 unspecified atom stereocenters. The van der Waals surface area contributed by atoms with Crippen molar-refractivity contribution >= 4 is 23.4 Å².